The van der Waals surface area contributed by atoms with Gasteiger partial charge in [-0.3, -0.25) is 14.4 Å². The third-order valence-corrected chi connectivity index (χ3v) is 6.11. The fourth-order valence-electron chi connectivity index (χ4n) is 3.21. The van der Waals surface area contributed by atoms with E-state index in [1.807, 2.05) is 13.8 Å². The summed E-state index contributed by atoms with van der Waals surface area (Å²) in [6, 6.07) is 11.4. The average molecular weight is 445 g/mol. The highest BCUT2D eigenvalue weighted by atomic mass is 32.2. The first kappa shape index (κ1) is 22.5. The zero-order valence-electron chi connectivity index (χ0n) is 17.4. The number of carbonyl (C=O) groups excluding carboxylic acids is 3. The van der Waals surface area contributed by atoms with Crippen LogP contribution in [0, 0.1) is 6.92 Å². The van der Waals surface area contributed by atoms with E-state index in [4.69, 9.17) is 4.74 Å². The molecular weight excluding hydrogens is 420 g/mol. The Morgan fingerprint density at radius 1 is 1.10 bits per heavy atom. The quantitative estimate of drug-likeness (QED) is 0.626. The second-order valence-corrected chi connectivity index (χ2v) is 9.45. The Morgan fingerprint density at radius 3 is 2.48 bits per heavy atom. The number of ether oxygens (including phenoxy) is 1. The summed E-state index contributed by atoms with van der Waals surface area (Å²) in [5, 5.41) is 2.51. The van der Waals surface area contributed by atoms with Crippen LogP contribution in [0.3, 0.4) is 0 Å². The Balaban J connectivity index is 1.69. The van der Waals surface area contributed by atoms with Crippen molar-refractivity contribution in [2.24, 2.45) is 0 Å². The molecule has 9 heteroatoms. The van der Waals surface area contributed by atoms with Gasteiger partial charge in [0.05, 0.1) is 5.69 Å². The summed E-state index contributed by atoms with van der Waals surface area (Å²) in [6.45, 7) is 4.20. The van der Waals surface area contributed by atoms with E-state index in [1.54, 1.807) is 30.3 Å². The van der Waals surface area contributed by atoms with Gasteiger partial charge in [-0.15, -0.1) is 0 Å². The van der Waals surface area contributed by atoms with Crippen LogP contribution < -0.4 is 15.0 Å². The molecule has 1 heterocycles. The number of hydrogen-bond acceptors (Lipinski definition) is 6. The molecule has 1 N–H and O–H groups in total. The van der Waals surface area contributed by atoms with Crippen molar-refractivity contribution in [3.63, 3.8) is 0 Å². The van der Waals surface area contributed by atoms with Gasteiger partial charge in [0, 0.05) is 17.8 Å². The second-order valence-electron chi connectivity index (χ2n) is 7.39. The summed E-state index contributed by atoms with van der Waals surface area (Å²) >= 11 is 0. The molecule has 1 aliphatic rings. The zero-order valence-corrected chi connectivity index (χ0v) is 18.2. The average Bonchev–Trinajstić information content (AvgIpc) is 2.70. The van der Waals surface area contributed by atoms with Crippen LogP contribution in [0.5, 0.6) is 5.75 Å². The number of Topliss-reactive ketones (excluding diaryl/α,β-unsaturated/α-hetero) is 1. The molecule has 0 unspecified atom stereocenters. The van der Waals surface area contributed by atoms with Crippen molar-refractivity contribution >= 4 is 38.8 Å². The van der Waals surface area contributed by atoms with Gasteiger partial charge >= 0.3 is 0 Å². The maximum absolute atomic E-state index is 12.6. The van der Waals surface area contributed by atoms with Gasteiger partial charge in [0.25, 0.3) is 5.91 Å². The number of aryl methyl sites for hydroxylation is 1. The molecule has 0 atom stereocenters. The number of sulfone groups is 1. The van der Waals surface area contributed by atoms with E-state index >= 15 is 0 Å². The highest BCUT2D eigenvalue weighted by Gasteiger charge is 2.27. The van der Waals surface area contributed by atoms with Crippen molar-refractivity contribution in [1.82, 2.24) is 0 Å². The predicted molar refractivity (Wildman–Crippen MR) is 117 cm³/mol. The monoisotopic (exact) mass is 444 g/mol. The van der Waals surface area contributed by atoms with Crippen molar-refractivity contribution < 1.29 is 27.5 Å². The summed E-state index contributed by atoms with van der Waals surface area (Å²) in [4.78, 5) is 38.4. The Bertz CT molecular complexity index is 1110. The summed E-state index contributed by atoms with van der Waals surface area (Å²) in [5.41, 5.74) is 2.07. The molecule has 2 aromatic rings. The fourth-order valence-corrected chi connectivity index (χ4v) is 4.35. The smallest absolute Gasteiger partial charge is 0.265 e. The number of ketones is 1. The minimum atomic E-state index is -3.99. The Morgan fingerprint density at radius 2 is 1.81 bits per heavy atom. The van der Waals surface area contributed by atoms with Crippen molar-refractivity contribution in [2.45, 2.75) is 20.3 Å². The number of carbonyl (C=O) groups is 3. The first-order valence-electron chi connectivity index (χ1n) is 9.86. The number of nitrogens with one attached hydrogen (secondary N) is 1. The molecule has 0 aliphatic carbocycles. The van der Waals surface area contributed by atoms with Crippen molar-refractivity contribution in [1.29, 1.82) is 0 Å². The summed E-state index contributed by atoms with van der Waals surface area (Å²) < 4.78 is 30.2. The molecule has 8 nitrogen and oxygen atoms in total. The van der Waals surface area contributed by atoms with Gasteiger partial charge in [-0.1, -0.05) is 24.6 Å². The van der Waals surface area contributed by atoms with Crippen LogP contribution in [0.25, 0.3) is 0 Å². The third kappa shape index (κ3) is 5.69. The molecule has 0 spiro atoms. The molecule has 2 amide bonds. The standard InChI is InChI=1S/C22H24N2O6S/c1-3-10-24-18-11-16(6-9-20(18)30-12-22(24)27)19(25)13-31(28,29)14-21(26)23-17-7-4-15(2)5-8-17/h4-9,11H,3,10,12-14H2,1-2H3,(H,23,26). The maximum atomic E-state index is 12.6. The summed E-state index contributed by atoms with van der Waals surface area (Å²) in [7, 11) is -3.99. The van der Waals surface area contributed by atoms with E-state index in [1.165, 1.54) is 17.0 Å². The Kier molecular flexibility index (Phi) is 6.74. The lowest BCUT2D eigenvalue weighted by Crippen LogP contribution is -2.39. The van der Waals surface area contributed by atoms with E-state index in [2.05, 4.69) is 5.32 Å². The number of rotatable bonds is 8. The molecule has 164 valence electrons. The van der Waals surface area contributed by atoms with Crippen LogP contribution in [0.15, 0.2) is 42.5 Å². The molecule has 0 aromatic heterocycles. The molecule has 2 aromatic carbocycles. The largest absolute Gasteiger partial charge is 0.482 e. The van der Waals surface area contributed by atoms with E-state index in [0.29, 0.717) is 30.1 Å². The molecule has 3 rings (SSSR count). The van der Waals surface area contributed by atoms with E-state index in [0.717, 1.165) is 5.56 Å². The summed E-state index contributed by atoms with van der Waals surface area (Å²) in [6.07, 6.45) is 0.716. The molecule has 0 saturated carbocycles. The number of hydrogen-bond donors (Lipinski definition) is 1. The Hall–Kier alpha value is -3.20. The second kappa shape index (κ2) is 9.30. The van der Waals surface area contributed by atoms with Gasteiger partial charge in [0.15, 0.2) is 22.2 Å². The number of nitrogens with zero attached hydrogens (tertiary/aromatic N) is 1. The SMILES string of the molecule is CCCN1C(=O)COc2ccc(C(=O)CS(=O)(=O)CC(=O)Nc3ccc(C)cc3)cc21. The number of anilines is 2. The van der Waals surface area contributed by atoms with E-state index in [9.17, 15) is 22.8 Å². The first-order valence-corrected chi connectivity index (χ1v) is 11.7. The first-order chi connectivity index (χ1) is 14.7. The van der Waals surface area contributed by atoms with Gasteiger partial charge in [-0.05, 0) is 43.7 Å². The van der Waals surface area contributed by atoms with Crippen molar-refractivity contribution in [3.8, 4) is 5.75 Å². The molecule has 1 aliphatic heterocycles. The molecule has 0 radical (unpaired) electrons. The normalized spacial score (nSPS) is 13.4. The van der Waals surface area contributed by atoms with Crippen LogP contribution in [0.2, 0.25) is 0 Å². The number of amides is 2. The van der Waals surface area contributed by atoms with Gasteiger partial charge in [-0.2, -0.15) is 0 Å². The summed E-state index contributed by atoms with van der Waals surface area (Å²) in [5.74, 6) is -2.74. The van der Waals surface area contributed by atoms with Gasteiger partial charge in [0.1, 0.15) is 17.3 Å². The lowest BCUT2D eigenvalue weighted by Gasteiger charge is -2.29. The maximum Gasteiger partial charge on any atom is 0.265 e. The van der Waals surface area contributed by atoms with Gasteiger partial charge in [-0.25, -0.2) is 8.42 Å². The molecule has 0 saturated heterocycles. The van der Waals surface area contributed by atoms with Crippen LogP contribution >= 0.6 is 0 Å². The Labute approximate surface area is 181 Å². The lowest BCUT2D eigenvalue weighted by atomic mass is 10.1. The topological polar surface area (TPSA) is 110 Å². The molecule has 31 heavy (non-hydrogen) atoms. The van der Waals surface area contributed by atoms with E-state index in [-0.39, 0.29) is 18.1 Å². The number of fused-ring (bicyclic) bond motifs is 1. The van der Waals surface area contributed by atoms with Crippen molar-refractivity contribution in [3.05, 3.63) is 53.6 Å². The number of benzene rings is 2. The lowest BCUT2D eigenvalue weighted by molar-refractivity contribution is -0.121. The highest BCUT2D eigenvalue weighted by Crippen LogP contribution is 2.33. The minimum Gasteiger partial charge on any atom is -0.482 e. The van der Waals surface area contributed by atoms with Crippen LogP contribution in [-0.4, -0.2) is 50.7 Å². The van der Waals surface area contributed by atoms with Crippen LogP contribution in [0.1, 0.15) is 29.3 Å². The third-order valence-electron chi connectivity index (χ3n) is 4.71. The van der Waals surface area contributed by atoms with Gasteiger partial charge < -0.3 is 15.0 Å². The molecule has 0 fully saturated rings. The van der Waals surface area contributed by atoms with Gasteiger partial charge in [0.2, 0.25) is 5.91 Å². The minimum absolute atomic E-state index is 0.0786. The molecule has 0 bridgehead atoms. The predicted octanol–water partition coefficient (Wildman–Crippen LogP) is 2.37. The zero-order chi connectivity index (χ0) is 22.6. The van der Waals surface area contributed by atoms with Crippen molar-refractivity contribution in [2.75, 3.05) is 34.9 Å². The fraction of sp³-hybridized carbons (Fsp3) is 0.318. The van der Waals surface area contributed by atoms with Crippen LogP contribution in [-0.2, 0) is 19.4 Å². The molecular formula is C22H24N2O6S. The highest BCUT2D eigenvalue weighted by molar-refractivity contribution is 7.92. The van der Waals surface area contributed by atoms with E-state index < -0.39 is 33.0 Å². The van der Waals surface area contributed by atoms with Crippen LogP contribution in [0.4, 0.5) is 11.4 Å².